The van der Waals surface area contributed by atoms with Crippen LogP contribution in [-0.4, -0.2) is 38.5 Å². The summed E-state index contributed by atoms with van der Waals surface area (Å²) in [5.41, 5.74) is 1.86. The molecule has 1 aromatic heterocycles. The van der Waals surface area contributed by atoms with Crippen molar-refractivity contribution in [2.24, 2.45) is 5.92 Å². The minimum atomic E-state index is -0.108. The Bertz CT molecular complexity index is 978. The first-order valence-corrected chi connectivity index (χ1v) is 10.9. The topological polar surface area (TPSA) is 54.3 Å². The number of piperidine rings is 1. The number of hydrogen-bond donors (Lipinski definition) is 1. The zero-order valence-corrected chi connectivity index (χ0v) is 17.5. The van der Waals surface area contributed by atoms with E-state index in [1.165, 1.54) is 11.8 Å². The van der Waals surface area contributed by atoms with Gasteiger partial charge in [-0.2, -0.15) is 0 Å². The van der Waals surface area contributed by atoms with Gasteiger partial charge in [0, 0.05) is 48.0 Å². The monoisotopic (exact) mass is 433 g/mol. The molecular formula is C20H20ClN3O2S2. The number of likely N-dealkylation sites (tertiary alicyclic amines) is 1. The van der Waals surface area contributed by atoms with E-state index in [9.17, 15) is 9.59 Å². The third-order valence-electron chi connectivity index (χ3n) is 5.17. The van der Waals surface area contributed by atoms with Gasteiger partial charge in [-0.05, 0) is 36.6 Å². The number of thiocarbonyl (C=S) groups is 1. The van der Waals surface area contributed by atoms with Crippen LogP contribution in [0.15, 0.2) is 47.3 Å². The number of anilines is 1. The molecule has 2 bridgehead atoms. The number of carbonyl (C=O) groups excluding carboxylic acids is 1. The van der Waals surface area contributed by atoms with E-state index in [1.807, 2.05) is 16.7 Å². The van der Waals surface area contributed by atoms with E-state index in [-0.39, 0.29) is 17.2 Å². The summed E-state index contributed by atoms with van der Waals surface area (Å²) in [4.78, 5) is 26.5. The lowest BCUT2D eigenvalue weighted by Gasteiger charge is -2.43. The van der Waals surface area contributed by atoms with E-state index in [4.69, 9.17) is 23.8 Å². The maximum absolute atomic E-state index is 12.2. The number of pyridine rings is 1. The fourth-order valence-corrected chi connectivity index (χ4v) is 5.20. The second-order valence-corrected chi connectivity index (χ2v) is 9.26. The number of amides is 1. The van der Waals surface area contributed by atoms with Gasteiger partial charge in [0.15, 0.2) is 0 Å². The minimum absolute atomic E-state index is 0.0790. The number of aromatic nitrogens is 1. The molecule has 0 radical (unpaired) electrons. The molecule has 1 N–H and O–H groups in total. The molecule has 146 valence electrons. The molecule has 1 amide bonds. The summed E-state index contributed by atoms with van der Waals surface area (Å²) in [5.74, 6) is 0.863. The average Bonchev–Trinajstić information content (AvgIpc) is 2.67. The van der Waals surface area contributed by atoms with Crippen LogP contribution in [0.1, 0.15) is 18.0 Å². The summed E-state index contributed by atoms with van der Waals surface area (Å²) in [6, 6.07) is 12.6. The fourth-order valence-electron chi connectivity index (χ4n) is 4.03. The Morgan fingerprint density at radius 1 is 1.21 bits per heavy atom. The molecule has 28 heavy (non-hydrogen) atoms. The molecule has 4 rings (SSSR count). The summed E-state index contributed by atoms with van der Waals surface area (Å²) in [6.07, 6.45) is 1.09. The van der Waals surface area contributed by atoms with Crippen molar-refractivity contribution in [2.45, 2.75) is 18.9 Å². The van der Waals surface area contributed by atoms with E-state index in [2.05, 4.69) is 10.2 Å². The Morgan fingerprint density at radius 2 is 2.04 bits per heavy atom. The first kappa shape index (κ1) is 19.5. The number of halogens is 1. The second kappa shape index (κ2) is 8.27. The molecule has 2 unspecified atom stereocenters. The number of nitrogens with zero attached hydrogens (tertiary/aromatic N) is 2. The zero-order chi connectivity index (χ0) is 19.7. The Morgan fingerprint density at radius 3 is 2.86 bits per heavy atom. The predicted octanol–water partition coefficient (Wildman–Crippen LogP) is 3.58. The van der Waals surface area contributed by atoms with Crippen molar-refractivity contribution in [3.8, 4) is 0 Å². The Hall–Kier alpha value is -1.83. The van der Waals surface area contributed by atoms with E-state index in [0.717, 1.165) is 36.1 Å². The third kappa shape index (κ3) is 4.26. The number of carbonyl (C=O) groups is 1. The van der Waals surface area contributed by atoms with Crippen LogP contribution < -0.4 is 10.9 Å². The van der Waals surface area contributed by atoms with Gasteiger partial charge in [-0.25, -0.2) is 0 Å². The highest BCUT2D eigenvalue weighted by Gasteiger charge is 2.35. The smallest absolute Gasteiger partial charge is 0.250 e. The number of benzene rings is 1. The molecule has 1 aromatic carbocycles. The van der Waals surface area contributed by atoms with Gasteiger partial charge in [-0.3, -0.25) is 9.59 Å². The molecular weight excluding hydrogens is 414 g/mol. The summed E-state index contributed by atoms with van der Waals surface area (Å²) in [6.45, 7) is 2.37. The van der Waals surface area contributed by atoms with Gasteiger partial charge in [-0.1, -0.05) is 47.7 Å². The number of fused-ring (bicyclic) bond motifs is 4. The van der Waals surface area contributed by atoms with Crippen molar-refractivity contribution < 1.29 is 4.79 Å². The van der Waals surface area contributed by atoms with Crippen molar-refractivity contribution in [1.29, 1.82) is 0 Å². The molecule has 1 fully saturated rings. The summed E-state index contributed by atoms with van der Waals surface area (Å²) in [7, 11) is 0. The summed E-state index contributed by atoms with van der Waals surface area (Å²) >= 11 is 12.9. The average molecular weight is 434 g/mol. The van der Waals surface area contributed by atoms with Gasteiger partial charge in [0.25, 0.3) is 5.56 Å². The zero-order valence-electron chi connectivity index (χ0n) is 15.1. The molecule has 5 nitrogen and oxygen atoms in total. The molecule has 3 heterocycles. The molecule has 2 atom stereocenters. The largest absolute Gasteiger partial charge is 0.356 e. The molecule has 2 aliphatic heterocycles. The number of rotatable bonds is 3. The Labute approximate surface area is 178 Å². The van der Waals surface area contributed by atoms with Crippen LogP contribution in [0.2, 0.25) is 5.02 Å². The quantitative estimate of drug-likeness (QED) is 0.750. The Balaban J connectivity index is 1.35. The van der Waals surface area contributed by atoms with Gasteiger partial charge in [0.2, 0.25) is 5.91 Å². The lowest BCUT2D eigenvalue weighted by atomic mass is 9.83. The maximum Gasteiger partial charge on any atom is 0.250 e. The van der Waals surface area contributed by atoms with Crippen LogP contribution in [0.5, 0.6) is 0 Å². The lowest BCUT2D eigenvalue weighted by Crippen LogP contribution is -2.48. The van der Waals surface area contributed by atoms with Crippen LogP contribution in [0.4, 0.5) is 5.69 Å². The fraction of sp³-hybridized carbons (Fsp3) is 0.350. The van der Waals surface area contributed by atoms with Crippen molar-refractivity contribution in [2.75, 3.05) is 24.2 Å². The van der Waals surface area contributed by atoms with E-state index < -0.39 is 0 Å². The van der Waals surface area contributed by atoms with Crippen LogP contribution in [-0.2, 0) is 11.3 Å². The van der Waals surface area contributed by atoms with Crippen molar-refractivity contribution in [1.82, 2.24) is 9.47 Å². The number of hydrogen-bond acceptors (Lipinski definition) is 4. The SMILES string of the molecule is O=C(CSC(=S)N1CC2CC(C1)c1cccc(=O)n1C2)Nc1cccc(Cl)c1. The molecule has 0 saturated carbocycles. The standard InChI is InChI=1S/C20H20ClN3O2S2/c21-15-3-1-4-16(8-15)22-18(25)12-28-20(27)23-9-13-7-14(11-23)17-5-2-6-19(26)24(17)10-13/h1-6,8,13-14H,7,9-12H2,(H,22,25). The number of thioether (sulfide) groups is 1. The summed E-state index contributed by atoms with van der Waals surface area (Å²) < 4.78 is 2.65. The normalized spacial score (nSPS) is 20.4. The maximum atomic E-state index is 12.2. The van der Waals surface area contributed by atoms with E-state index in [1.54, 1.807) is 30.3 Å². The van der Waals surface area contributed by atoms with Crippen LogP contribution >= 0.6 is 35.6 Å². The van der Waals surface area contributed by atoms with E-state index in [0.29, 0.717) is 22.5 Å². The van der Waals surface area contributed by atoms with Gasteiger partial charge in [0.1, 0.15) is 4.32 Å². The second-order valence-electron chi connectivity index (χ2n) is 7.22. The molecule has 2 aliphatic rings. The molecule has 1 saturated heterocycles. The lowest BCUT2D eigenvalue weighted by molar-refractivity contribution is -0.113. The highest BCUT2D eigenvalue weighted by Crippen LogP contribution is 2.36. The first-order valence-electron chi connectivity index (χ1n) is 9.16. The summed E-state index contributed by atoms with van der Waals surface area (Å²) in [5, 5.41) is 3.42. The van der Waals surface area contributed by atoms with Crippen molar-refractivity contribution >= 4 is 51.5 Å². The highest BCUT2D eigenvalue weighted by molar-refractivity contribution is 8.23. The molecule has 0 spiro atoms. The Kier molecular flexibility index (Phi) is 5.75. The predicted molar refractivity (Wildman–Crippen MR) is 118 cm³/mol. The van der Waals surface area contributed by atoms with Crippen molar-refractivity contribution in [3.63, 3.8) is 0 Å². The molecule has 8 heteroatoms. The van der Waals surface area contributed by atoms with Crippen LogP contribution in [0.3, 0.4) is 0 Å². The van der Waals surface area contributed by atoms with E-state index >= 15 is 0 Å². The van der Waals surface area contributed by atoms with Crippen LogP contribution in [0, 0.1) is 5.92 Å². The van der Waals surface area contributed by atoms with Crippen LogP contribution in [0.25, 0.3) is 0 Å². The molecule has 2 aromatic rings. The molecule has 0 aliphatic carbocycles. The third-order valence-corrected chi connectivity index (χ3v) is 6.93. The van der Waals surface area contributed by atoms with Gasteiger partial charge < -0.3 is 14.8 Å². The first-order chi connectivity index (χ1) is 13.5. The minimum Gasteiger partial charge on any atom is -0.356 e. The highest BCUT2D eigenvalue weighted by atomic mass is 35.5. The number of nitrogens with one attached hydrogen (secondary N) is 1. The van der Waals surface area contributed by atoms with Crippen molar-refractivity contribution in [3.05, 3.63) is 63.5 Å². The van der Waals surface area contributed by atoms with Gasteiger partial charge in [0.05, 0.1) is 5.75 Å². The van der Waals surface area contributed by atoms with Gasteiger partial charge in [-0.15, -0.1) is 0 Å². The van der Waals surface area contributed by atoms with Gasteiger partial charge >= 0.3 is 0 Å².